The zero-order valence-electron chi connectivity index (χ0n) is 9.32. The molecule has 3 nitrogen and oxygen atoms in total. The molecular formula is C13H13ClN2O. The Morgan fingerprint density at radius 2 is 2.24 bits per heavy atom. The average molecular weight is 249 g/mol. The fourth-order valence-electron chi connectivity index (χ4n) is 2.14. The summed E-state index contributed by atoms with van der Waals surface area (Å²) in [6.45, 7) is 1.05. The summed E-state index contributed by atoms with van der Waals surface area (Å²) in [5.74, 6) is 0.597. The minimum absolute atomic E-state index is 0.329. The molecule has 2 aromatic rings. The molecule has 1 aromatic carbocycles. The Bertz CT molecular complexity index is 518. The topological polar surface area (TPSA) is 38.1 Å². The van der Waals surface area contributed by atoms with Crippen LogP contribution in [0.25, 0.3) is 11.5 Å². The minimum Gasteiger partial charge on any atom is -0.444 e. The maximum atomic E-state index is 6.11. The first-order valence-electron chi connectivity index (χ1n) is 5.78. The molecule has 0 aliphatic carbocycles. The number of nitrogens with zero attached hydrogens (tertiary/aromatic N) is 1. The molecule has 0 radical (unpaired) electrons. The van der Waals surface area contributed by atoms with Crippen LogP contribution in [0.4, 0.5) is 0 Å². The van der Waals surface area contributed by atoms with Crippen LogP contribution in [0.2, 0.25) is 5.02 Å². The Balaban J connectivity index is 1.92. The third kappa shape index (κ3) is 2.08. The lowest BCUT2D eigenvalue weighted by molar-refractivity contribution is 0.563. The van der Waals surface area contributed by atoms with Crippen molar-refractivity contribution in [3.05, 3.63) is 41.2 Å². The highest BCUT2D eigenvalue weighted by Gasteiger charge is 2.20. The largest absolute Gasteiger partial charge is 0.444 e. The van der Waals surface area contributed by atoms with Gasteiger partial charge in [-0.15, -0.1) is 0 Å². The van der Waals surface area contributed by atoms with Crippen molar-refractivity contribution in [1.82, 2.24) is 10.3 Å². The summed E-state index contributed by atoms with van der Waals surface area (Å²) in [5, 5.41) is 4.06. The van der Waals surface area contributed by atoms with E-state index in [9.17, 15) is 0 Å². The average Bonchev–Trinajstić information content (AvgIpc) is 3.00. The predicted octanol–water partition coefficient (Wildman–Crippen LogP) is 3.42. The predicted molar refractivity (Wildman–Crippen MR) is 66.9 cm³/mol. The first-order valence-corrected chi connectivity index (χ1v) is 6.16. The van der Waals surface area contributed by atoms with Crippen molar-refractivity contribution in [1.29, 1.82) is 0 Å². The van der Waals surface area contributed by atoms with Gasteiger partial charge < -0.3 is 9.73 Å². The maximum absolute atomic E-state index is 6.11. The number of halogens is 1. The number of rotatable bonds is 2. The molecule has 0 saturated carbocycles. The third-order valence-corrected chi connectivity index (χ3v) is 3.37. The van der Waals surface area contributed by atoms with Crippen LogP contribution in [0.3, 0.4) is 0 Å². The Labute approximate surface area is 105 Å². The second-order valence-corrected chi connectivity index (χ2v) is 4.61. The van der Waals surface area contributed by atoms with Gasteiger partial charge in [-0.25, -0.2) is 4.98 Å². The number of nitrogens with one attached hydrogen (secondary N) is 1. The van der Waals surface area contributed by atoms with Gasteiger partial charge in [0.1, 0.15) is 6.26 Å². The lowest BCUT2D eigenvalue weighted by Crippen LogP contribution is -2.12. The van der Waals surface area contributed by atoms with E-state index in [-0.39, 0.29) is 0 Å². The quantitative estimate of drug-likeness (QED) is 0.885. The van der Waals surface area contributed by atoms with Crippen molar-refractivity contribution in [3.8, 4) is 11.5 Å². The molecule has 0 spiro atoms. The Kier molecular flexibility index (Phi) is 2.87. The summed E-state index contributed by atoms with van der Waals surface area (Å²) >= 11 is 6.11. The van der Waals surface area contributed by atoms with Crippen LogP contribution in [0.5, 0.6) is 0 Å². The summed E-state index contributed by atoms with van der Waals surface area (Å²) in [7, 11) is 0. The lowest BCUT2D eigenvalue weighted by Gasteiger charge is -2.03. The molecule has 3 rings (SSSR count). The van der Waals surface area contributed by atoms with Crippen molar-refractivity contribution in [2.45, 2.75) is 18.9 Å². The van der Waals surface area contributed by atoms with Crippen molar-refractivity contribution in [3.63, 3.8) is 0 Å². The molecule has 1 N–H and O–H groups in total. The number of aromatic nitrogens is 1. The Hall–Kier alpha value is -1.32. The second kappa shape index (κ2) is 4.51. The first kappa shape index (κ1) is 10.8. The fraction of sp³-hybridized carbons (Fsp3) is 0.308. The molecule has 1 aliphatic heterocycles. The summed E-state index contributed by atoms with van der Waals surface area (Å²) in [5.41, 5.74) is 1.82. The molecule has 88 valence electrons. The van der Waals surface area contributed by atoms with Gasteiger partial charge in [0.2, 0.25) is 5.89 Å². The van der Waals surface area contributed by atoms with E-state index < -0.39 is 0 Å². The van der Waals surface area contributed by atoms with Crippen LogP contribution in [0, 0.1) is 0 Å². The van der Waals surface area contributed by atoms with Crippen LogP contribution in [-0.2, 0) is 0 Å². The zero-order valence-corrected chi connectivity index (χ0v) is 10.1. The highest BCUT2D eigenvalue weighted by molar-refractivity contribution is 6.33. The van der Waals surface area contributed by atoms with E-state index in [4.69, 9.17) is 16.0 Å². The second-order valence-electron chi connectivity index (χ2n) is 4.21. The van der Waals surface area contributed by atoms with Gasteiger partial charge in [-0.3, -0.25) is 0 Å². The molecule has 1 aliphatic rings. The van der Waals surface area contributed by atoms with Gasteiger partial charge in [0.05, 0.1) is 22.3 Å². The summed E-state index contributed by atoms with van der Waals surface area (Å²) in [6.07, 6.45) is 4.04. The fourth-order valence-corrected chi connectivity index (χ4v) is 2.36. The third-order valence-electron chi connectivity index (χ3n) is 3.04. The summed E-state index contributed by atoms with van der Waals surface area (Å²) in [6, 6.07) is 7.91. The summed E-state index contributed by atoms with van der Waals surface area (Å²) < 4.78 is 5.51. The van der Waals surface area contributed by atoms with Crippen molar-refractivity contribution in [2.24, 2.45) is 0 Å². The Morgan fingerprint density at radius 1 is 1.35 bits per heavy atom. The normalized spacial score (nSPS) is 19.7. The monoisotopic (exact) mass is 248 g/mol. The molecule has 0 bridgehead atoms. The van der Waals surface area contributed by atoms with Crippen LogP contribution in [0.15, 0.2) is 34.9 Å². The molecule has 1 saturated heterocycles. The van der Waals surface area contributed by atoms with Crippen LogP contribution >= 0.6 is 11.6 Å². The van der Waals surface area contributed by atoms with Gasteiger partial charge in [0.25, 0.3) is 0 Å². The van der Waals surface area contributed by atoms with Gasteiger partial charge in [-0.2, -0.15) is 0 Å². The molecular weight excluding hydrogens is 236 g/mol. The van der Waals surface area contributed by atoms with Crippen LogP contribution in [0.1, 0.15) is 24.6 Å². The SMILES string of the molecule is Clc1ccccc1-c1nc(C2CCCN2)co1. The van der Waals surface area contributed by atoms with E-state index in [0.717, 1.165) is 24.2 Å². The van der Waals surface area contributed by atoms with Gasteiger partial charge in [-0.05, 0) is 31.5 Å². The minimum atomic E-state index is 0.329. The molecule has 1 aromatic heterocycles. The molecule has 1 unspecified atom stereocenters. The molecule has 4 heteroatoms. The van der Waals surface area contributed by atoms with E-state index in [1.807, 2.05) is 24.3 Å². The molecule has 17 heavy (non-hydrogen) atoms. The number of hydrogen-bond donors (Lipinski definition) is 1. The Morgan fingerprint density at radius 3 is 3.00 bits per heavy atom. The summed E-state index contributed by atoms with van der Waals surface area (Å²) in [4.78, 5) is 4.51. The van der Waals surface area contributed by atoms with E-state index in [1.165, 1.54) is 6.42 Å². The van der Waals surface area contributed by atoms with Gasteiger partial charge in [0.15, 0.2) is 0 Å². The smallest absolute Gasteiger partial charge is 0.227 e. The highest BCUT2D eigenvalue weighted by atomic mass is 35.5. The van der Waals surface area contributed by atoms with E-state index in [2.05, 4.69) is 10.3 Å². The van der Waals surface area contributed by atoms with Crippen molar-refractivity contribution >= 4 is 11.6 Å². The molecule has 1 fully saturated rings. The standard InChI is InChI=1S/C13H13ClN2O/c14-10-5-2-1-4-9(10)13-16-12(8-17-13)11-6-3-7-15-11/h1-2,4-5,8,11,15H,3,6-7H2. The number of benzene rings is 1. The van der Waals surface area contributed by atoms with Gasteiger partial charge in [0, 0.05) is 0 Å². The number of hydrogen-bond acceptors (Lipinski definition) is 3. The van der Waals surface area contributed by atoms with Crippen molar-refractivity contribution < 1.29 is 4.42 Å². The van der Waals surface area contributed by atoms with E-state index in [1.54, 1.807) is 6.26 Å². The molecule has 1 atom stereocenters. The maximum Gasteiger partial charge on any atom is 0.227 e. The zero-order chi connectivity index (χ0) is 11.7. The van der Waals surface area contributed by atoms with Crippen molar-refractivity contribution in [2.75, 3.05) is 6.54 Å². The van der Waals surface area contributed by atoms with E-state index >= 15 is 0 Å². The highest BCUT2D eigenvalue weighted by Crippen LogP contribution is 2.29. The van der Waals surface area contributed by atoms with Crippen LogP contribution < -0.4 is 5.32 Å². The van der Waals surface area contributed by atoms with Gasteiger partial charge in [-0.1, -0.05) is 23.7 Å². The molecule has 0 amide bonds. The first-order chi connectivity index (χ1) is 8.34. The van der Waals surface area contributed by atoms with E-state index in [0.29, 0.717) is 17.0 Å². The van der Waals surface area contributed by atoms with Crippen LogP contribution in [-0.4, -0.2) is 11.5 Å². The molecule has 2 heterocycles. The lowest BCUT2D eigenvalue weighted by atomic mass is 10.2. The number of oxazole rings is 1. The van der Waals surface area contributed by atoms with Gasteiger partial charge >= 0.3 is 0 Å².